The van der Waals surface area contributed by atoms with Crippen molar-refractivity contribution in [2.45, 2.75) is 53.4 Å². The Hall–Kier alpha value is -3.02. The normalized spacial score (nSPS) is 12.6. The molecule has 0 spiro atoms. The van der Waals surface area contributed by atoms with E-state index in [0.29, 0.717) is 5.75 Å². The molecule has 1 atom stereocenters. The van der Waals surface area contributed by atoms with Gasteiger partial charge < -0.3 is 14.2 Å². The highest BCUT2D eigenvalue weighted by atomic mass is 16.6. The van der Waals surface area contributed by atoms with Crippen LogP contribution in [0.3, 0.4) is 0 Å². The summed E-state index contributed by atoms with van der Waals surface area (Å²) in [6, 6.07) is 15.0. The Balaban J connectivity index is 2.41. The number of rotatable bonds is 5. The zero-order valence-corrected chi connectivity index (χ0v) is 18.7. The molecule has 2 rings (SSSR count). The van der Waals surface area contributed by atoms with Gasteiger partial charge in [0.15, 0.2) is 6.23 Å². The maximum absolute atomic E-state index is 12.4. The van der Waals surface area contributed by atoms with Gasteiger partial charge in [0.2, 0.25) is 0 Å². The molecule has 6 heteroatoms. The van der Waals surface area contributed by atoms with Gasteiger partial charge in [0.25, 0.3) is 0 Å². The Labute approximate surface area is 178 Å². The lowest BCUT2D eigenvalue weighted by atomic mass is 9.94. The van der Waals surface area contributed by atoms with E-state index in [-0.39, 0.29) is 5.56 Å². The van der Waals surface area contributed by atoms with E-state index in [2.05, 4.69) is 5.32 Å². The van der Waals surface area contributed by atoms with E-state index in [4.69, 9.17) is 14.2 Å². The molecule has 0 saturated heterocycles. The van der Waals surface area contributed by atoms with Crippen molar-refractivity contribution < 1.29 is 23.8 Å². The first-order valence-corrected chi connectivity index (χ1v) is 9.84. The second-order valence-corrected chi connectivity index (χ2v) is 9.08. The van der Waals surface area contributed by atoms with Crippen LogP contribution in [0.4, 0.5) is 4.79 Å². The zero-order valence-electron chi connectivity index (χ0n) is 18.7. The fraction of sp³-hybridized carbons (Fsp3) is 0.417. The fourth-order valence-corrected chi connectivity index (χ4v) is 2.67. The van der Waals surface area contributed by atoms with Crippen LogP contribution in [-0.4, -0.2) is 31.0 Å². The molecule has 6 nitrogen and oxygen atoms in total. The highest BCUT2D eigenvalue weighted by Crippen LogP contribution is 2.31. The summed E-state index contributed by atoms with van der Waals surface area (Å²) in [6.07, 6.45) is -1.34. The summed E-state index contributed by atoms with van der Waals surface area (Å²) >= 11 is 0. The van der Waals surface area contributed by atoms with Crippen LogP contribution < -0.4 is 10.1 Å². The van der Waals surface area contributed by atoms with Gasteiger partial charge in [-0.25, -0.2) is 9.59 Å². The monoisotopic (exact) mass is 413 g/mol. The van der Waals surface area contributed by atoms with E-state index in [1.54, 1.807) is 32.9 Å². The van der Waals surface area contributed by atoms with Crippen LogP contribution >= 0.6 is 0 Å². The van der Waals surface area contributed by atoms with Crippen LogP contribution in [0.25, 0.3) is 11.1 Å². The van der Waals surface area contributed by atoms with Crippen molar-refractivity contribution in [1.29, 1.82) is 0 Å². The maximum Gasteiger partial charge on any atom is 0.410 e. The molecule has 0 bridgehead atoms. The van der Waals surface area contributed by atoms with Gasteiger partial charge in [-0.3, -0.25) is 5.32 Å². The second-order valence-electron chi connectivity index (χ2n) is 9.08. The zero-order chi connectivity index (χ0) is 22.5. The summed E-state index contributed by atoms with van der Waals surface area (Å²) in [5.74, 6) is -0.200. The van der Waals surface area contributed by atoms with Crippen LogP contribution in [-0.2, 0) is 9.47 Å². The van der Waals surface area contributed by atoms with E-state index in [1.807, 2.05) is 57.2 Å². The minimum absolute atomic E-state index is 0.275. The fourth-order valence-electron chi connectivity index (χ4n) is 2.67. The van der Waals surface area contributed by atoms with E-state index in [0.717, 1.165) is 11.1 Å². The van der Waals surface area contributed by atoms with Gasteiger partial charge in [0, 0.05) is 5.41 Å². The molecule has 1 unspecified atom stereocenters. The van der Waals surface area contributed by atoms with E-state index < -0.39 is 29.3 Å². The minimum Gasteiger partial charge on any atom is -0.469 e. The molecule has 1 amide bonds. The minimum atomic E-state index is -0.748. The van der Waals surface area contributed by atoms with Gasteiger partial charge in [-0.2, -0.15) is 0 Å². The van der Waals surface area contributed by atoms with Crippen molar-refractivity contribution in [3.8, 4) is 16.9 Å². The molecule has 0 heterocycles. The third-order valence-electron chi connectivity index (χ3n) is 4.17. The largest absolute Gasteiger partial charge is 0.469 e. The van der Waals surface area contributed by atoms with E-state index in [1.165, 1.54) is 7.11 Å². The number of ether oxygens (including phenoxy) is 3. The number of benzene rings is 2. The number of amides is 1. The summed E-state index contributed by atoms with van der Waals surface area (Å²) in [7, 11) is 1.32. The van der Waals surface area contributed by atoms with Gasteiger partial charge in [-0.15, -0.1) is 0 Å². The smallest absolute Gasteiger partial charge is 0.410 e. The predicted octanol–water partition coefficient (Wildman–Crippen LogP) is 5.42. The quantitative estimate of drug-likeness (QED) is 0.524. The first-order chi connectivity index (χ1) is 13.9. The number of carbonyl (C=O) groups is 2. The molecule has 1 N–H and O–H groups in total. The molecule has 0 aromatic heterocycles. The van der Waals surface area contributed by atoms with Gasteiger partial charge in [0.05, 0.1) is 7.11 Å². The average Bonchev–Trinajstić information content (AvgIpc) is 2.65. The highest BCUT2D eigenvalue weighted by Gasteiger charge is 2.31. The van der Waals surface area contributed by atoms with Gasteiger partial charge in [-0.05, 0) is 44.0 Å². The van der Waals surface area contributed by atoms with Crippen molar-refractivity contribution in [2.75, 3.05) is 7.11 Å². The summed E-state index contributed by atoms with van der Waals surface area (Å²) in [5.41, 5.74) is 1.01. The topological polar surface area (TPSA) is 73.9 Å². The van der Waals surface area contributed by atoms with Crippen molar-refractivity contribution >= 4 is 12.1 Å². The van der Waals surface area contributed by atoms with Crippen molar-refractivity contribution in [3.63, 3.8) is 0 Å². The number of hydrogen-bond acceptors (Lipinski definition) is 5. The van der Waals surface area contributed by atoms with Crippen LogP contribution in [0.15, 0.2) is 48.5 Å². The van der Waals surface area contributed by atoms with Gasteiger partial charge in [0.1, 0.15) is 16.9 Å². The molecule has 2 aromatic carbocycles. The Kier molecular flexibility index (Phi) is 7.13. The number of carbonyl (C=O) groups excluding carboxylic acids is 2. The molecular weight excluding hydrogens is 382 g/mol. The summed E-state index contributed by atoms with van der Waals surface area (Å²) in [4.78, 5) is 24.7. The Morgan fingerprint density at radius 3 is 2.07 bits per heavy atom. The lowest BCUT2D eigenvalue weighted by Crippen LogP contribution is -2.49. The third kappa shape index (κ3) is 6.51. The van der Waals surface area contributed by atoms with Crippen molar-refractivity contribution in [1.82, 2.24) is 5.32 Å². The van der Waals surface area contributed by atoms with E-state index in [9.17, 15) is 9.59 Å². The number of nitrogens with one attached hydrogen (secondary N) is 1. The molecular formula is C24H31NO5. The molecule has 0 aliphatic rings. The number of methoxy groups -OCH3 is 1. The molecule has 0 radical (unpaired) electrons. The third-order valence-corrected chi connectivity index (χ3v) is 4.17. The summed E-state index contributed by atoms with van der Waals surface area (Å²) < 4.78 is 16.4. The second kappa shape index (κ2) is 9.20. The Morgan fingerprint density at radius 1 is 0.900 bits per heavy atom. The lowest BCUT2D eigenvalue weighted by molar-refractivity contribution is 0.0154. The lowest BCUT2D eigenvalue weighted by Gasteiger charge is -2.33. The molecule has 30 heavy (non-hydrogen) atoms. The van der Waals surface area contributed by atoms with Crippen LogP contribution in [0.5, 0.6) is 5.75 Å². The van der Waals surface area contributed by atoms with Crippen molar-refractivity contribution in [3.05, 3.63) is 54.1 Å². The van der Waals surface area contributed by atoms with Crippen molar-refractivity contribution in [2.24, 2.45) is 5.41 Å². The van der Waals surface area contributed by atoms with Gasteiger partial charge in [-0.1, -0.05) is 57.2 Å². The highest BCUT2D eigenvalue weighted by molar-refractivity contribution is 5.93. The average molecular weight is 414 g/mol. The Bertz CT molecular complexity index is 879. The van der Waals surface area contributed by atoms with Crippen LogP contribution in [0.2, 0.25) is 0 Å². The molecule has 0 aliphatic heterocycles. The first-order valence-electron chi connectivity index (χ1n) is 9.84. The summed E-state index contributed by atoms with van der Waals surface area (Å²) in [5, 5.41) is 2.77. The molecule has 0 aliphatic carbocycles. The molecule has 162 valence electrons. The van der Waals surface area contributed by atoms with Gasteiger partial charge >= 0.3 is 12.1 Å². The molecule has 2 aromatic rings. The molecule has 0 saturated carbocycles. The molecule has 0 fully saturated rings. The maximum atomic E-state index is 12.4. The van der Waals surface area contributed by atoms with Crippen LogP contribution in [0, 0.1) is 5.41 Å². The number of esters is 1. The standard InChI is InChI=1S/C24H31NO5/c1-23(2,3)21(25-22(27)30-24(4,5)6)29-19-15-17(16-11-9-8-10-12-16)13-14-18(19)20(26)28-7/h8-15,21H,1-7H3,(H,25,27). The number of hydrogen-bond donors (Lipinski definition) is 1. The summed E-state index contributed by atoms with van der Waals surface area (Å²) in [6.45, 7) is 11.1. The SMILES string of the molecule is COC(=O)c1ccc(-c2ccccc2)cc1OC(NC(=O)OC(C)(C)C)C(C)(C)C. The number of alkyl carbamates (subject to hydrolysis) is 1. The van der Waals surface area contributed by atoms with E-state index >= 15 is 0 Å². The van der Waals surface area contributed by atoms with Crippen LogP contribution in [0.1, 0.15) is 51.9 Å². The Morgan fingerprint density at radius 2 is 1.53 bits per heavy atom. The first kappa shape index (κ1) is 23.3. The predicted molar refractivity (Wildman–Crippen MR) is 116 cm³/mol.